The molecule has 5 heteroatoms. The average Bonchev–Trinajstić information content (AvgIpc) is 2.89. The third-order valence-corrected chi connectivity index (χ3v) is 4.70. The minimum Gasteiger partial charge on any atom is -0.360 e. The van der Waals surface area contributed by atoms with Crippen LogP contribution in [0.5, 0.6) is 0 Å². The number of aromatic amines is 1. The van der Waals surface area contributed by atoms with Crippen molar-refractivity contribution >= 4 is 16.8 Å². The zero-order valence-electron chi connectivity index (χ0n) is 12.0. The summed E-state index contributed by atoms with van der Waals surface area (Å²) in [5, 5.41) is 4.33. The van der Waals surface area contributed by atoms with Crippen molar-refractivity contribution < 1.29 is 4.79 Å². The van der Waals surface area contributed by atoms with Crippen LogP contribution in [0.4, 0.5) is 0 Å². The Labute approximate surface area is 123 Å². The number of benzene rings is 1. The number of rotatable bonds is 2. The Hall–Kier alpha value is -1.85. The first kappa shape index (κ1) is 12.9. The van der Waals surface area contributed by atoms with E-state index in [2.05, 4.69) is 15.2 Å². The van der Waals surface area contributed by atoms with Gasteiger partial charge in [-0.2, -0.15) is 0 Å². The molecule has 4 rings (SSSR count). The van der Waals surface area contributed by atoms with Gasteiger partial charge in [-0.05, 0) is 6.07 Å². The van der Waals surface area contributed by atoms with Crippen molar-refractivity contribution in [1.29, 1.82) is 0 Å². The molecule has 2 fully saturated rings. The molecule has 0 radical (unpaired) electrons. The van der Waals surface area contributed by atoms with E-state index in [4.69, 9.17) is 0 Å². The summed E-state index contributed by atoms with van der Waals surface area (Å²) in [6.45, 7) is 5.82. The van der Waals surface area contributed by atoms with Gasteiger partial charge in [0.15, 0.2) is 0 Å². The lowest BCUT2D eigenvalue weighted by molar-refractivity contribution is 0.0503. The number of nitrogens with one attached hydrogen (secondary N) is 2. The molecule has 1 amide bonds. The lowest BCUT2D eigenvalue weighted by Gasteiger charge is -2.43. The van der Waals surface area contributed by atoms with Crippen LogP contribution in [-0.4, -0.2) is 66.0 Å². The number of aromatic nitrogens is 1. The molecular formula is C16H20N4O. The normalized spacial score (nSPS) is 20.7. The van der Waals surface area contributed by atoms with Gasteiger partial charge >= 0.3 is 0 Å². The minimum atomic E-state index is 0.152. The van der Waals surface area contributed by atoms with Crippen LogP contribution in [0.25, 0.3) is 10.9 Å². The maximum atomic E-state index is 12.7. The maximum Gasteiger partial charge on any atom is 0.256 e. The van der Waals surface area contributed by atoms with Crippen molar-refractivity contribution in [2.75, 3.05) is 39.3 Å². The highest BCUT2D eigenvalue weighted by Gasteiger charge is 2.30. The van der Waals surface area contributed by atoms with Gasteiger partial charge < -0.3 is 15.2 Å². The smallest absolute Gasteiger partial charge is 0.256 e. The zero-order valence-corrected chi connectivity index (χ0v) is 12.0. The molecule has 2 saturated heterocycles. The molecule has 110 valence electrons. The first-order valence-corrected chi connectivity index (χ1v) is 7.63. The summed E-state index contributed by atoms with van der Waals surface area (Å²) in [5.41, 5.74) is 1.82. The van der Waals surface area contributed by atoms with Crippen LogP contribution in [0.15, 0.2) is 30.5 Å². The second kappa shape index (κ2) is 5.16. The molecule has 0 saturated carbocycles. The Balaban J connectivity index is 1.48. The number of para-hydroxylation sites is 1. The second-order valence-corrected chi connectivity index (χ2v) is 5.89. The van der Waals surface area contributed by atoms with Crippen molar-refractivity contribution in [1.82, 2.24) is 20.1 Å². The molecule has 5 nitrogen and oxygen atoms in total. The number of nitrogens with zero attached hydrogens (tertiary/aromatic N) is 2. The van der Waals surface area contributed by atoms with E-state index in [9.17, 15) is 4.79 Å². The van der Waals surface area contributed by atoms with Crippen LogP contribution in [0.2, 0.25) is 0 Å². The molecule has 21 heavy (non-hydrogen) atoms. The number of hydrogen-bond acceptors (Lipinski definition) is 3. The van der Waals surface area contributed by atoms with Gasteiger partial charge in [0.25, 0.3) is 5.91 Å². The van der Waals surface area contributed by atoms with E-state index in [1.165, 1.54) is 0 Å². The van der Waals surface area contributed by atoms with E-state index in [0.29, 0.717) is 6.04 Å². The third-order valence-electron chi connectivity index (χ3n) is 4.70. The maximum absolute atomic E-state index is 12.7. The first-order chi connectivity index (χ1) is 10.3. The van der Waals surface area contributed by atoms with Crippen molar-refractivity contribution in [2.45, 2.75) is 6.04 Å². The number of piperazine rings is 1. The molecule has 2 aromatic rings. The third kappa shape index (κ3) is 2.22. The summed E-state index contributed by atoms with van der Waals surface area (Å²) >= 11 is 0. The summed E-state index contributed by atoms with van der Waals surface area (Å²) in [7, 11) is 0. The van der Waals surface area contributed by atoms with Gasteiger partial charge in [-0.15, -0.1) is 0 Å². The summed E-state index contributed by atoms with van der Waals surface area (Å²) in [4.78, 5) is 20.4. The molecule has 0 atom stereocenters. The Morgan fingerprint density at radius 1 is 1.10 bits per heavy atom. The lowest BCUT2D eigenvalue weighted by Crippen LogP contribution is -2.62. The standard InChI is InChI=1S/C16H20N4O/c21-16(14-11-18-15-4-2-1-3-13(14)15)20-7-5-19(6-8-20)12-9-17-10-12/h1-4,11-12,17-18H,5-10H2. The Morgan fingerprint density at radius 3 is 2.57 bits per heavy atom. The molecule has 0 aliphatic carbocycles. The fourth-order valence-corrected chi connectivity index (χ4v) is 3.24. The number of H-pyrrole nitrogens is 1. The zero-order chi connectivity index (χ0) is 14.2. The van der Waals surface area contributed by atoms with E-state index < -0.39 is 0 Å². The second-order valence-electron chi connectivity index (χ2n) is 5.89. The van der Waals surface area contributed by atoms with E-state index in [0.717, 1.165) is 55.7 Å². The van der Waals surface area contributed by atoms with Crippen LogP contribution < -0.4 is 5.32 Å². The van der Waals surface area contributed by atoms with Crippen LogP contribution in [-0.2, 0) is 0 Å². The van der Waals surface area contributed by atoms with Crippen LogP contribution in [0.3, 0.4) is 0 Å². The molecule has 1 aromatic heterocycles. The molecule has 1 aromatic carbocycles. The molecule has 2 aliphatic heterocycles. The van der Waals surface area contributed by atoms with Gasteiger partial charge in [0.05, 0.1) is 5.56 Å². The van der Waals surface area contributed by atoms with E-state index >= 15 is 0 Å². The van der Waals surface area contributed by atoms with E-state index in [1.807, 2.05) is 35.4 Å². The van der Waals surface area contributed by atoms with Crippen LogP contribution in [0, 0.1) is 0 Å². The summed E-state index contributed by atoms with van der Waals surface area (Å²) in [5.74, 6) is 0.152. The van der Waals surface area contributed by atoms with Gasteiger partial charge in [-0.1, -0.05) is 18.2 Å². The highest BCUT2D eigenvalue weighted by molar-refractivity contribution is 6.06. The van der Waals surface area contributed by atoms with Gasteiger partial charge in [0.2, 0.25) is 0 Å². The van der Waals surface area contributed by atoms with Crippen molar-refractivity contribution in [3.05, 3.63) is 36.0 Å². The predicted molar refractivity (Wildman–Crippen MR) is 82.4 cm³/mol. The highest BCUT2D eigenvalue weighted by atomic mass is 16.2. The number of hydrogen-bond donors (Lipinski definition) is 2. The number of carbonyl (C=O) groups excluding carboxylic acids is 1. The average molecular weight is 284 g/mol. The van der Waals surface area contributed by atoms with E-state index in [-0.39, 0.29) is 5.91 Å². The highest BCUT2D eigenvalue weighted by Crippen LogP contribution is 2.20. The van der Waals surface area contributed by atoms with Crippen molar-refractivity contribution in [3.63, 3.8) is 0 Å². The quantitative estimate of drug-likeness (QED) is 0.861. The van der Waals surface area contributed by atoms with Crippen molar-refractivity contribution in [3.8, 4) is 0 Å². The molecule has 2 aliphatic rings. The van der Waals surface area contributed by atoms with Crippen LogP contribution >= 0.6 is 0 Å². The largest absolute Gasteiger partial charge is 0.360 e. The molecule has 0 spiro atoms. The number of carbonyl (C=O) groups is 1. The van der Waals surface area contributed by atoms with Gasteiger partial charge in [0.1, 0.15) is 0 Å². The fraction of sp³-hybridized carbons (Fsp3) is 0.438. The van der Waals surface area contributed by atoms with Gasteiger partial charge in [0, 0.05) is 62.4 Å². The molecule has 0 bridgehead atoms. The predicted octanol–water partition coefficient (Wildman–Crippen LogP) is 0.897. The minimum absolute atomic E-state index is 0.152. The topological polar surface area (TPSA) is 51.4 Å². The Morgan fingerprint density at radius 2 is 1.86 bits per heavy atom. The SMILES string of the molecule is O=C(c1c[nH]c2ccccc12)N1CCN(C2CNC2)CC1. The lowest BCUT2D eigenvalue weighted by atomic mass is 10.1. The fourth-order valence-electron chi connectivity index (χ4n) is 3.24. The van der Waals surface area contributed by atoms with E-state index in [1.54, 1.807) is 0 Å². The number of amides is 1. The Kier molecular flexibility index (Phi) is 3.16. The summed E-state index contributed by atoms with van der Waals surface area (Å²) < 4.78 is 0. The molecule has 2 N–H and O–H groups in total. The van der Waals surface area contributed by atoms with Crippen molar-refractivity contribution in [2.24, 2.45) is 0 Å². The summed E-state index contributed by atoms with van der Waals surface area (Å²) in [6, 6.07) is 8.66. The van der Waals surface area contributed by atoms with Gasteiger partial charge in [-0.25, -0.2) is 0 Å². The summed E-state index contributed by atoms with van der Waals surface area (Å²) in [6.07, 6.45) is 1.84. The number of fused-ring (bicyclic) bond motifs is 1. The van der Waals surface area contributed by atoms with Crippen LogP contribution in [0.1, 0.15) is 10.4 Å². The monoisotopic (exact) mass is 284 g/mol. The van der Waals surface area contributed by atoms with Gasteiger partial charge in [-0.3, -0.25) is 9.69 Å². The molecule has 0 unspecified atom stereocenters. The Bertz CT molecular complexity index is 653. The molecule has 3 heterocycles. The first-order valence-electron chi connectivity index (χ1n) is 7.63. The molecular weight excluding hydrogens is 264 g/mol.